The highest BCUT2D eigenvalue weighted by atomic mass is 16.3. The van der Waals surface area contributed by atoms with Gasteiger partial charge in [0.25, 0.3) is 0 Å². The number of nitrogens with zero attached hydrogens (tertiary/aromatic N) is 4. The largest absolute Gasteiger partial charge is 0.396 e. The van der Waals surface area contributed by atoms with Crippen molar-refractivity contribution in [3.63, 3.8) is 0 Å². The number of fused-ring (bicyclic) bond motifs is 1. The van der Waals surface area contributed by atoms with Crippen LogP contribution in [0.3, 0.4) is 0 Å². The maximum atomic E-state index is 9.98. The number of hydrogen-bond acceptors (Lipinski definition) is 6. The second-order valence-corrected chi connectivity index (χ2v) is 5.46. The fraction of sp³-hybridized carbons (Fsp3) is 0.833. The zero-order valence-electron chi connectivity index (χ0n) is 10.8. The molecule has 3 heterocycles. The summed E-state index contributed by atoms with van der Waals surface area (Å²) >= 11 is 0. The van der Waals surface area contributed by atoms with Crippen LogP contribution in [0.1, 0.15) is 24.6 Å². The molecule has 2 aliphatic rings. The number of piperidine rings is 1. The Labute approximate surface area is 111 Å². The van der Waals surface area contributed by atoms with Gasteiger partial charge in [-0.1, -0.05) is 5.21 Å². The van der Waals surface area contributed by atoms with Gasteiger partial charge in [0.1, 0.15) is 0 Å². The molecule has 0 saturated carbocycles. The van der Waals surface area contributed by atoms with Crippen molar-refractivity contribution < 1.29 is 15.3 Å². The second kappa shape index (κ2) is 5.16. The summed E-state index contributed by atoms with van der Waals surface area (Å²) < 4.78 is 1.83. The van der Waals surface area contributed by atoms with Crippen LogP contribution in [0.15, 0.2) is 6.20 Å². The minimum Gasteiger partial charge on any atom is -0.396 e. The van der Waals surface area contributed by atoms with Gasteiger partial charge in [0.05, 0.1) is 23.9 Å². The average molecular weight is 268 g/mol. The first-order valence-electron chi connectivity index (χ1n) is 6.81. The summed E-state index contributed by atoms with van der Waals surface area (Å²) in [5.74, 6) is 0. The third-order valence-corrected chi connectivity index (χ3v) is 4.24. The number of rotatable bonds is 3. The van der Waals surface area contributed by atoms with Gasteiger partial charge in [-0.05, 0) is 12.8 Å². The van der Waals surface area contributed by atoms with Crippen LogP contribution >= 0.6 is 0 Å². The Kier molecular flexibility index (Phi) is 3.53. The van der Waals surface area contributed by atoms with Crippen LogP contribution in [0, 0.1) is 0 Å². The number of hydrogen-bond donors (Lipinski definition) is 3. The summed E-state index contributed by atoms with van der Waals surface area (Å²) in [5, 5.41) is 36.7. The summed E-state index contributed by atoms with van der Waals surface area (Å²) in [6.45, 7) is 1.50. The first kappa shape index (κ1) is 13.0. The van der Waals surface area contributed by atoms with Crippen molar-refractivity contribution in [3.8, 4) is 0 Å². The van der Waals surface area contributed by atoms with E-state index in [0.717, 1.165) is 25.1 Å². The van der Waals surface area contributed by atoms with E-state index in [4.69, 9.17) is 5.11 Å². The number of aromatic nitrogens is 3. The molecule has 2 fully saturated rings. The molecular weight excluding hydrogens is 248 g/mol. The summed E-state index contributed by atoms with van der Waals surface area (Å²) in [7, 11) is 0. The maximum absolute atomic E-state index is 9.98. The van der Waals surface area contributed by atoms with Gasteiger partial charge < -0.3 is 15.3 Å². The van der Waals surface area contributed by atoms with E-state index in [1.54, 1.807) is 0 Å². The summed E-state index contributed by atoms with van der Waals surface area (Å²) in [6, 6.07) is 0.223. The first-order chi connectivity index (χ1) is 9.19. The van der Waals surface area contributed by atoms with E-state index < -0.39 is 12.2 Å². The molecule has 2 saturated heterocycles. The second-order valence-electron chi connectivity index (χ2n) is 5.46. The standard InChI is InChI=1S/C12H20N4O3/c17-4-2-8-6-16(14-13-8)9-1-3-15-7-11(18)12(19)10(15)5-9/h6,9-12,17-19H,1-5,7H2/t9-,10-,11-,12-/m0/s1. The molecule has 1 aromatic heterocycles. The molecule has 0 bridgehead atoms. The third-order valence-electron chi connectivity index (χ3n) is 4.24. The molecule has 0 amide bonds. The lowest BCUT2D eigenvalue weighted by atomic mass is 9.96. The molecule has 2 aliphatic heterocycles. The summed E-state index contributed by atoms with van der Waals surface area (Å²) in [5.41, 5.74) is 0.789. The van der Waals surface area contributed by atoms with Crippen molar-refractivity contribution in [2.45, 2.75) is 43.6 Å². The number of aliphatic hydroxyl groups excluding tert-OH is 3. The van der Waals surface area contributed by atoms with Gasteiger partial charge in [-0.25, -0.2) is 4.68 Å². The zero-order valence-corrected chi connectivity index (χ0v) is 10.8. The topological polar surface area (TPSA) is 94.6 Å². The Bertz CT molecular complexity index is 438. The van der Waals surface area contributed by atoms with Crippen LogP contribution < -0.4 is 0 Å². The van der Waals surface area contributed by atoms with Gasteiger partial charge >= 0.3 is 0 Å². The van der Waals surface area contributed by atoms with E-state index in [0.29, 0.717) is 13.0 Å². The van der Waals surface area contributed by atoms with Gasteiger partial charge in [0.2, 0.25) is 0 Å². The maximum Gasteiger partial charge on any atom is 0.0967 e. The van der Waals surface area contributed by atoms with Gasteiger partial charge in [-0.2, -0.15) is 0 Å². The molecule has 1 aromatic rings. The van der Waals surface area contributed by atoms with Gasteiger partial charge in [0.15, 0.2) is 0 Å². The molecule has 7 nitrogen and oxygen atoms in total. The molecule has 0 spiro atoms. The smallest absolute Gasteiger partial charge is 0.0967 e. The van der Waals surface area contributed by atoms with Crippen LogP contribution in [0.2, 0.25) is 0 Å². The quantitative estimate of drug-likeness (QED) is 0.621. The van der Waals surface area contributed by atoms with Crippen LogP contribution in [0.4, 0.5) is 0 Å². The monoisotopic (exact) mass is 268 g/mol. The van der Waals surface area contributed by atoms with Crippen molar-refractivity contribution in [1.82, 2.24) is 19.9 Å². The molecule has 0 aliphatic carbocycles. The molecular formula is C12H20N4O3. The minimum absolute atomic E-state index is 0.0132. The Morgan fingerprint density at radius 3 is 3.00 bits per heavy atom. The van der Waals surface area contributed by atoms with E-state index in [-0.39, 0.29) is 18.7 Å². The van der Waals surface area contributed by atoms with Crippen LogP contribution in [-0.4, -0.2) is 73.2 Å². The highest BCUT2D eigenvalue weighted by Crippen LogP contribution is 2.33. The van der Waals surface area contributed by atoms with Crippen molar-refractivity contribution in [2.24, 2.45) is 0 Å². The predicted octanol–water partition coefficient (Wildman–Crippen LogP) is -1.45. The fourth-order valence-electron chi connectivity index (χ4n) is 3.17. The average Bonchev–Trinajstić information content (AvgIpc) is 2.97. The molecule has 19 heavy (non-hydrogen) atoms. The minimum atomic E-state index is -0.664. The summed E-state index contributed by atoms with van der Waals surface area (Å²) in [4.78, 5) is 2.15. The number of aliphatic hydroxyl groups is 3. The molecule has 106 valence electrons. The third kappa shape index (κ3) is 2.38. The normalized spacial score (nSPS) is 35.5. The Morgan fingerprint density at radius 2 is 2.21 bits per heavy atom. The highest BCUT2D eigenvalue weighted by Gasteiger charge is 2.43. The molecule has 3 rings (SSSR count). The Balaban J connectivity index is 1.69. The van der Waals surface area contributed by atoms with Crippen molar-refractivity contribution in [1.29, 1.82) is 0 Å². The molecule has 7 heteroatoms. The van der Waals surface area contributed by atoms with E-state index in [1.807, 2.05) is 10.9 Å². The van der Waals surface area contributed by atoms with Crippen molar-refractivity contribution in [2.75, 3.05) is 19.7 Å². The molecule has 0 radical (unpaired) electrons. The molecule has 3 N–H and O–H groups in total. The van der Waals surface area contributed by atoms with E-state index >= 15 is 0 Å². The molecule has 4 atom stereocenters. The van der Waals surface area contributed by atoms with Gasteiger partial charge in [0, 0.05) is 38.4 Å². The van der Waals surface area contributed by atoms with Crippen molar-refractivity contribution >= 4 is 0 Å². The SMILES string of the molecule is OCCc1cn([C@H]2CCN3C[C@H](O)[C@@H](O)[C@@H]3C2)nn1. The van der Waals surface area contributed by atoms with Crippen LogP contribution in [0.5, 0.6) is 0 Å². The van der Waals surface area contributed by atoms with Gasteiger partial charge in [-0.15, -0.1) is 5.10 Å². The van der Waals surface area contributed by atoms with Crippen LogP contribution in [-0.2, 0) is 6.42 Å². The van der Waals surface area contributed by atoms with E-state index in [1.165, 1.54) is 0 Å². The summed E-state index contributed by atoms with van der Waals surface area (Å²) in [6.07, 6.45) is 2.81. The van der Waals surface area contributed by atoms with Crippen molar-refractivity contribution in [3.05, 3.63) is 11.9 Å². The lowest BCUT2D eigenvalue weighted by Gasteiger charge is -2.35. The molecule has 0 unspecified atom stereocenters. The van der Waals surface area contributed by atoms with Crippen LogP contribution in [0.25, 0.3) is 0 Å². The van der Waals surface area contributed by atoms with E-state index in [2.05, 4.69) is 15.2 Å². The Morgan fingerprint density at radius 1 is 1.37 bits per heavy atom. The molecule has 0 aromatic carbocycles. The lowest BCUT2D eigenvalue weighted by molar-refractivity contribution is 0.0247. The zero-order chi connectivity index (χ0) is 13.4. The lowest BCUT2D eigenvalue weighted by Crippen LogP contribution is -2.43. The Hall–Kier alpha value is -1.02. The first-order valence-corrected chi connectivity index (χ1v) is 6.81. The van der Waals surface area contributed by atoms with E-state index in [9.17, 15) is 10.2 Å². The fourth-order valence-corrected chi connectivity index (χ4v) is 3.17. The predicted molar refractivity (Wildman–Crippen MR) is 66.5 cm³/mol. The van der Waals surface area contributed by atoms with Gasteiger partial charge in [-0.3, -0.25) is 4.90 Å². The highest BCUT2D eigenvalue weighted by molar-refractivity contribution is 5.00.